The largest absolute Gasteiger partial charge is 0.490 e. The standard InChI is InChI=1S/C18H29F2N3O3/c1-4-21-18(22-11-8-12-24-5-2)23-13-14-9-7-10-15(25-6-3)16(14)26-17(19)20/h7,9-10,17H,4-6,8,11-13H2,1-3H3,(H2,21,22,23). The van der Waals surface area contributed by atoms with E-state index in [1.54, 1.807) is 25.1 Å². The van der Waals surface area contributed by atoms with Gasteiger partial charge in [-0.2, -0.15) is 8.78 Å². The molecule has 0 heterocycles. The number of nitrogens with zero attached hydrogens (tertiary/aromatic N) is 1. The lowest BCUT2D eigenvalue weighted by molar-refractivity contribution is -0.0520. The van der Waals surface area contributed by atoms with Crippen molar-refractivity contribution in [3.05, 3.63) is 23.8 Å². The average molecular weight is 373 g/mol. The number of aliphatic imine (C=N–C) groups is 1. The molecule has 0 radical (unpaired) electrons. The highest BCUT2D eigenvalue weighted by molar-refractivity contribution is 5.79. The number of ether oxygens (including phenoxy) is 3. The summed E-state index contributed by atoms with van der Waals surface area (Å²) < 4.78 is 40.9. The highest BCUT2D eigenvalue weighted by Gasteiger charge is 2.15. The van der Waals surface area contributed by atoms with Gasteiger partial charge in [0, 0.05) is 31.9 Å². The van der Waals surface area contributed by atoms with Crippen molar-refractivity contribution in [1.29, 1.82) is 0 Å². The van der Waals surface area contributed by atoms with E-state index in [-0.39, 0.29) is 18.0 Å². The van der Waals surface area contributed by atoms with E-state index in [2.05, 4.69) is 20.4 Å². The van der Waals surface area contributed by atoms with Gasteiger partial charge in [-0.3, -0.25) is 0 Å². The van der Waals surface area contributed by atoms with E-state index in [1.165, 1.54) is 0 Å². The maximum absolute atomic E-state index is 12.8. The first kappa shape index (κ1) is 22.0. The van der Waals surface area contributed by atoms with E-state index in [0.29, 0.717) is 44.4 Å². The molecule has 8 heteroatoms. The zero-order valence-electron chi connectivity index (χ0n) is 15.7. The highest BCUT2D eigenvalue weighted by Crippen LogP contribution is 2.33. The summed E-state index contributed by atoms with van der Waals surface area (Å²) in [5.74, 6) is 0.921. The van der Waals surface area contributed by atoms with Gasteiger partial charge in [0.1, 0.15) is 0 Å². The lowest BCUT2D eigenvalue weighted by atomic mass is 10.2. The van der Waals surface area contributed by atoms with E-state index in [0.717, 1.165) is 6.42 Å². The molecule has 1 aromatic carbocycles. The van der Waals surface area contributed by atoms with Gasteiger partial charge in [-0.15, -0.1) is 0 Å². The molecule has 6 nitrogen and oxygen atoms in total. The van der Waals surface area contributed by atoms with Crippen LogP contribution in [0.5, 0.6) is 11.5 Å². The summed E-state index contributed by atoms with van der Waals surface area (Å²) in [5, 5.41) is 6.31. The quantitative estimate of drug-likeness (QED) is 0.335. The molecule has 0 spiro atoms. The molecule has 0 aliphatic rings. The van der Waals surface area contributed by atoms with Crippen LogP contribution >= 0.6 is 0 Å². The van der Waals surface area contributed by atoms with Gasteiger partial charge in [0.25, 0.3) is 0 Å². The van der Waals surface area contributed by atoms with Crippen LogP contribution < -0.4 is 20.1 Å². The Morgan fingerprint density at radius 1 is 1.15 bits per heavy atom. The minimum Gasteiger partial charge on any atom is -0.490 e. The first-order valence-corrected chi connectivity index (χ1v) is 8.91. The molecular formula is C18H29F2N3O3. The van der Waals surface area contributed by atoms with Crippen molar-refractivity contribution in [3.63, 3.8) is 0 Å². The molecule has 26 heavy (non-hydrogen) atoms. The maximum Gasteiger partial charge on any atom is 0.387 e. The fourth-order valence-electron chi connectivity index (χ4n) is 2.21. The second kappa shape index (κ2) is 13.2. The lowest BCUT2D eigenvalue weighted by Crippen LogP contribution is -2.38. The minimum atomic E-state index is -2.93. The lowest BCUT2D eigenvalue weighted by Gasteiger charge is -2.15. The van der Waals surface area contributed by atoms with Crippen LogP contribution in [0, 0.1) is 0 Å². The zero-order valence-corrected chi connectivity index (χ0v) is 15.7. The van der Waals surface area contributed by atoms with Gasteiger partial charge < -0.3 is 24.8 Å². The average Bonchev–Trinajstić information content (AvgIpc) is 2.61. The number of rotatable bonds is 12. The van der Waals surface area contributed by atoms with Gasteiger partial charge in [0.15, 0.2) is 17.5 Å². The summed E-state index contributed by atoms with van der Waals surface area (Å²) >= 11 is 0. The number of nitrogens with one attached hydrogen (secondary N) is 2. The minimum absolute atomic E-state index is 0.0281. The fraction of sp³-hybridized carbons (Fsp3) is 0.611. The number of benzene rings is 1. The maximum atomic E-state index is 12.8. The van der Waals surface area contributed by atoms with E-state index in [1.807, 2.05) is 13.8 Å². The van der Waals surface area contributed by atoms with Crippen molar-refractivity contribution in [2.75, 3.05) is 32.9 Å². The molecule has 0 fully saturated rings. The molecule has 0 aliphatic heterocycles. The third-order valence-electron chi connectivity index (χ3n) is 3.28. The van der Waals surface area contributed by atoms with Crippen molar-refractivity contribution in [1.82, 2.24) is 10.6 Å². The third kappa shape index (κ3) is 8.33. The Morgan fingerprint density at radius 3 is 2.62 bits per heavy atom. The van der Waals surface area contributed by atoms with Crippen molar-refractivity contribution >= 4 is 5.96 Å². The molecule has 1 rings (SSSR count). The van der Waals surface area contributed by atoms with Crippen LogP contribution in [0.3, 0.4) is 0 Å². The van der Waals surface area contributed by atoms with E-state index >= 15 is 0 Å². The topological polar surface area (TPSA) is 64.1 Å². The number of hydrogen-bond acceptors (Lipinski definition) is 4. The monoisotopic (exact) mass is 373 g/mol. The van der Waals surface area contributed by atoms with Crippen LogP contribution in [0.15, 0.2) is 23.2 Å². The Hall–Kier alpha value is -2.09. The Balaban J connectivity index is 2.81. The zero-order chi connectivity index (χ0) is 19.2. The summed E-state index contributed by atoms with van der Waals surface area (Å²) in [6, 6.07) is 5.03. The van der Waals surface area contributed by atoms with Gasteiger partial charge in [0.2, 0.25) is 0 Å². The smallest absolute Gasteiger partial charge is 0.387 e. The molecule has 2 N–H and O–H groups in total. The van der Waals surface area contributed by atoms with Crippen LogP contribution in [0.25, 0.3) is 0 Å². The van der Waals surface area contributed by atoms with Crippen molar-refractivity contribution < 1.29 is 23.0 Å². The molecule has 0 bridgehead atoms. The normalized spacial score (nSPS) is 11.5. The number of guanidine groups is 1. The van der Waals surface area contributed by atoms with Crippen molar-refractivity contribution in [3.8, 4) is 11.5 Å². The third-order valence-corrected chi connectivity index (χ3v) is 3.28. The van der Waals surface area contributed by atoms with E-state index in [9.17, 15) is 8.78 Å². The Kier molecular flexibility index (Phi) is 11.1. The van der Waals surface area contributed by atoms with Crippen LogP contribution in [-0.2, 0) is 11.3 Å². The van der Waals surface area contributed by atoms with E-state index in [4.69, 9.17) is 9.47 Å². The molecule has 1 aromatic rings. The molecule has 0 aliphatic carbocycles. The Labute approximate surface area is 153 Å². The van der Waals surface area contributed by atoms with Gasteiger partial charge in [0.05, 0.1) is 13.2 Å². The summed E-state index contributed by atoms with van der Waals surface area (Å²) in [6.45, 7) is 6.06. The van der Waals surface area contributed by atoms with Gasteiger partial charge in [-0.05, 0) is 33.3 Å². The van der Waals surface area contributed by atoms with Gasteiger partial charge >= 0.3 is 6.61 Å². The summed E-state index contributed by atoms with van der Waals surface area (Å²) in [5.41, 5.74) is 0.530. The predicted octanol–water partition coefficient (Wildman–Crippen LogP) is 3.17. The number of para-hydroxylation sites is 1. The summed E-state index contributed by atoms with van der Waals surface area (Å²) in [6.07, 6.45) is 0.845. The first-order chi connectivity index (χ1) is 12.6. The molecule has 0 unspecified atom stereocenters. The first-order valence-electron chi connectivity index (χ1n) is 8.91. The van der Waals surface area contributed by atoms with Crippen LogP contribution in [0.4, 0.5) is 8.78 Å². The van der Waals surface area contributed by atoms with Crippen LogP contribution in [0.1, 0.15) is 32.8 Å². The van der Waals surface area contributed by atoms with Crippen molar-refractivity contribution in [2.45, 2.75) is 40.3 Å². The molecule has 148 valence electrons. The van der Waals surface area contributed by atoms with E-state index < -0.39 is 6.61 Å². The molecule has 0 saturated carbocycles. The molecular weight excluding hydrogens is 344 g/mol. The second-order valence-electron chi connectivity index (χ2n) is 5.23. The summed E-state index contributed by atoms with van der Waals surface area (Å²) in [7, 11) is 0. The van der Waals surface area contributed by atoms with Crippen LogP contribution in [-0.4, -0.2) is 45.5 Å². The molecule has 0 amide bonds. The predicted molar refractivity (Wildman–Crippen MR) is 98.2 cm³/mol. The SMILES string of the molecule is CCNC(=NCc1cccc(OCC)c1OC(F)F)NCCCOCC. The van der Waals surface area contributed by atoms with Crippen LogP contribution in [0.2, 0.25) is 0 Å². The Morgan fingerprint density at radius 2 is 1.96 bits per heavy atom. The molecule has 0 atom stereocenters. The number of halogens is 2. The highest BCUT2D eigenvalue weighted by atomic mass is 19.3. The Bertz CT molecular complexity index is 542. The second-order valence-corrected chi connectivity index (χ2v) is 5.23. The van der Waals surface area contributed by atoms with Gasteiger partial charge in [-0.25, -0.2) is 4.99 Å². The summed E-state index contributed by atoms with van der Waals surface area (Å²) in [4.78, 5) is 4.44. The molecule has 0 aromatic heterocycles. The van der Waals surface area contributed by atoms with Gasteiger partial charge in [-0.1, -0.05) is 12.1 Å². The van der Waals surface area contributed by atoms with Crippen molar-refractivity contribution in [2.24, 2.45) is 4.99 Å². The number of hydrogen-bond donors (Lipinski definition) is 2. The molecule has 0 saturated heterocycles. The fourth-order valence-corrected chi connectivity index (χ4v) is 2.21. The number of alkyl halides is 2.